The highest BCUT2D eigenvalue weighted by Crippen LogP contribution is 2.30. The van der Waals surface area contributed by atoms with Crippen LogP contribution in [0, 0.1) is 11.3 Å². The molecule has 3 aromatic heterocycles. The second-order valence-corrected chi connectivity index (χ2v) is 5.20. The molecular weight excluding hydrogens is 284 g/mol. The number of aldehydes is 1. The number of rotatable bonds is 3. The van der Waals surface area contributed by atoms with Crippen LogP contribution in [-0.2, 0) is 0 Å². The highest BCUT2D eigenvalue weighted by molar-refractivity contribution is 7.18. The Morgan fingerprint density at radius 1 is 1.24 bits per heavy atom. The molecule has 0 amide bonds. The van der Waals surface area contributed by atoms with Crippen molar-refractivity contribution in [3.05, 3.63) is 54.1 Å². The summed E-state index contributed by atoms with van der Waals surface area (Å²) in [6.45, 7) is 0. The van der Waals surface area contributed by atoms with Crippen LogP contribution in [0.4, 0.5) is 0 Å². The molecule has 21 heavy (non-hydrogen) atoms. The minimum Gasteiger partial charge on any atom is -0.296 e. The fourth-order valence-electron chi connectivity index (χ4n) is 1.80. The fraction of sp³-hybridized carbons (Fsp3) is 0. The van der Waals surface area contributed by atoms with Gasteiger partial charge in [-0.15, -0.1) is 11.3 Å². The van der Waals surface area contributed by atoms with Gasteiger partial charge in [0.05, 0.1) is 16.1 Å². The number of thiazole rings is 1. The van der Waals surface area contributed by atoms with E-state index in [2.05, 4.69) is 21.0 Å². The summed E-state index contributed by atoms with van der Waals surface area (Å²) in [5.41, 5.74) is 2.37. The third-order valence-corrected chi connectivity index (χ3v) is 3.83. The number of aromatic nitrogens is 3. The molecule has 100 valence electrons. The molecule has 0 N–H and O–H groups in total. The van der Waals surface area contributed by atoms with E-state index in [0.29, 0.717) is 23.2 Å². The highest BCUT2D eigenvalue weighted by atomic mass is 32.1. The van der Waals surface area contributed by atoms with Crippen LogP contribution < -0.4 is 0 Å². The van der Waals surface area contributed by atoms with Crippen molar-refractivity contribution in [2.75, 3.05) is 0 Å². The second-order valence-electron chi connectivity index (χ2n) is 4.17. The Morgan fingerprint density at radius 3 is 2.95 bits per heavy atom. The van der Waals surface area contributed by atoms with Crippen LogP contribution in [-0.4, -0.2) is 21.2 Å². The molecule has 0 aliphatic heterocycles. The van der Waals surface area contributed by atoms with E-state index in [1.165, 1.54) is 17.5 Å². The fourth-order valence-corrected chi connectivity index (χ4v) is 2.67. The van der Waals surface area contributed by atoms with Crippen LogP contribution in [0.15, 0.2) is 42.9 Å². The van der Waals surface area contributed by atoms with Gasteiger partial charge in [-0.25, -0.2) is 9.97 Å². The molecule has 0 fully saturated rings. The molecule has 0 saturated carbocycles. The zero-order chi connectivity index (χ0) is 14.7. The van der Waals surface area contributed by atoms with Gasteiger partial charge in [0.2, 0.25) is 0 Å². The van der Waals surface area contributed by atoms with E-state index in [1.807, 2.05) is 6.07 Å². The lowest BCUT2D eigenvalue weighted by Crippen LogP contribution is -1.87. The zero-order valence-corrected chi connectivity index (χ0v) is 11.5. The lowest BCUT2D eigenvalue weighted by molar-refractivity contribution is 0.111. The van der Waals surface area contributed by atoms with Gasteiger partial charge in [-0.05, 0) is 18.2 Å². The molecule has 0 aliphatic carbocycles. The summed E-state index contributed by atoms with van der Waals surface area (Å²) in [4.78, 5) is 24.2. The lowest BCUT2D eigenvalue weighted by Gasteiger charge is -1.97. The number of carbonyl (C=O) groups excluding carboxylic acids is 1. The summed E-state index contributed by atoms with van der Waals surface area (Å²) >= 11 is 1.44. The Hall–Kier alpha value is -2.91. The number of nitrogens with zero attached hydrogens (tertiary/aromatic N) is 4. The van der Waals surface area contributed by atoms with Crippen molar-refractivity contribution in [1.29, 1.82) is 5.26 Å². The minimum atomic E-state index is 0.385. The van der Waals surface area contributed by atoms with Crippen LogP contribution in [0.5, 0.6) is 0 Å². The third-order valence-electron chi connectivity index (χ3n) is 2.76. The molecule has 0 aliphatic rings. The van der Waals surface area contributed by atoms with Crippen LogP contribution in [0.1, 0.15) is 16.1 Å². The predicted octanol–water partition coefficient (Wildman–Crippen LogP) is 2.95. The highest BCUT2D eigenvalue weighted by Gasteiger charge is 2.09. The summed E-state index contributed by atoms with van der Waals surface area (Å²) in [6, 6.07) is 9.06. The largest absolute Gasteiger partial charge is 0.296 e. The van der Waals surface area contributed by atoms with Gasteiger partial charge in [0.25, 0.3) is 0 Å². The van der Waals surface area contributed by atoms with E-state index in [0.717, 1.165) is 15.4 Å². The van der Waals surface area contributed by atoms with Gasteiger partial charge >= 0.3 is 0 Å². The van der Waals surface area contributed by atoms with Gasteiger partial charge < -0.3 is 0 Å². The van der Waals surface area contributed by atoms with Gasteiger partial charge in [0.1, 0.15) is 16.8 Å². The maximum absolute atomic E-state index is 10.8. The van der Waals surface area contributed by atoms with Crippen molar-refractivity contribution in [2.45, 2.75) is 0 Å². The molecule has 0 radical (unpaired) electrons. The first kappa shape index (κ1) is 13.1. The number of pyridine rings is 2. The zero-order valence-electron chi connectivity index (χ0n) is 10.7. The van der Waals surface area contributed by atoms with Crippen LogP contribution in [0.2, 0.25) is 0 Å². The average molecular weight is 292 g/mol. The van der Waals surface area contributed by atoms with Crippen molar-refractivity contribution in [2.24, 2.45) is 0 Å². The van der Waals surface area contributed by atoms with Crippen molar-refractivity contribution in [3.63, 3.8) is 0 Å². The van der Waals surface area contributed by atoms with E-state index < -0.39 is 0 Å². The van der Waals surface area contributed by atoms with Gasteiger partial charge in [-0.1, -0.05) is 6.07 Å². The standard InChI is InChI=1S/C15H8N4OS/c16-5-10-4-11(7-17-6-10)15-18-8-14(21-15)13-3-1-2-12(9-20)19-13/h1-4,6-9H. The molecule has 5 nitrogen and oxygen atoms in total. The Kier molecular flexibility index (Phi) is 3.50. The van der Waals surface area contributed by atoms with Crippen LogP contribution in [0.25, 0.3) is 21.1 Å². The quantitative estimate of drug-likeness (QED) is 0.693. The number of hydrogen-bond acceptors (Lipinski definition) is 6. The predicted molar refractivity (Wildman–Crippen MR) is 78.7 cm³/mol. The summed E-state index contributed by atoms with van der Waals surface area (Å²) in [6.07, 6.45) is 5.59. The van der Waals surface area contributed by atoms with E-state index in [9.17, 15) is 4.79 Å². The van der Waals surface area contributed by atoms with Crippen molar-refractivity contribution >= 4 is 17.6 Å². The van der Waals surface area contributed by atoms with Gasteiger partial charge in [0.15, 0.2) is 6.29 Å². The summed E-state index contributed by atoms with van der Waals surface area (Å²) in [7, 11) is 0. The van der Waals surface area contributed by atoms with E-state index >= 15 is 0 Å². The summed E-state index contributed by atoms with van der Waals surface area (Å²) in [5.74, 6) is 0. The second kappa shape index (κ2) is 5.61. The van der Waals surface area contributed by atoms with Crippen LogP contribution in [0.3, 0.4) is 0 Å². The normalized spacial score (nSPS) is 10.0. The van der Waals surface area contributed by atoms with Gasteiger partial charge in [-0.3, -0.25) is 9.78 Å². The molecule has 0 bridgehead atoms. The van der Waals surface area contributed by atoms with E-state index in [4.69, 9.17) is 5.26 Å². The van der Waals surface area contributed by atoms with Gasteiger partial charge in [0, 0.05) is 24.2 Å². The number of hydrogen-bond donors (Lipinski definition) is 0. The third kappa shape index (κ3) is 2.68. The van der Waals surface area contributed by atoms with Gasteiger partial charge in [-0.2, -0.15) is 5.26 Å². The molecule has 0 atom stereocenters. The van der Waals surface area contributed by atoms with Crippen molar-refractivity contribution in [3.8, 4) is 27.2 Å². The topological polar surface area (TPSA) is 79.5 Å². The SMILES string of the molecule is N#Cc1cncc(-c2ncc(-c3cccc(C=O)n3)s2)c1. The van der Waals surface area contributed by atoms with Crippen molar-refractivity contribution < 1.29 is 4.79 Å². The molecule has 3 rings (SSSR count). The Bertz CT molecular complexity index is 851. The molecule has 3 heterocycles. The van der Waals surface area contributed by atoms with E-state index in [-0.39, 0.29) is 0 Å². The summed E-state index contributed by atoms with van der Waals surface area (Å²) < 4.78 is 0. The number of carbonyl (C=O) groups is 1. The molecule has 0 saturated heterocycles. The maximum atomic E-state index is 10.8. The molecule has 0 spiro atoms. The first-order valence-electron chi connectivity index (χ1n) is 6.04. The molecular formula is C15H8N4OS. The van der Waals surface area contributed by atoms with E-state index in [1.54, 1.807) is 30.6 Å². The maximum Gasteiger partial charge on any atom is 0.168 e. The summed E-state index contributed by atoms with van der Waals surface area (Å²) in [5, 5.41) is 9.66. The molecule has 3 aromatic rings. The van der Waals surface area contributed by atoms with Crippen molar-refractivity contribution in [1.82, 2.24) is 15.0 Å². The molecule has 0 aromatic carbocycles. The smallest absolute Gasteiger partial charge is 0.168 e. The van der Waals surface area contributed by atoms with Crippen LogP contribution >= 0.6 is 11.3 Å². The Morgan fingerprint density at radius 2 is 2.14 bits per heavy atom. The minimum absolute atomic E-state index is 0.385. The first-order chi connectivity index (χ1) is 10.3. The monoisotopic (exact) mass is 292 g/mol. The lowest BCUT2D eigenvalue weighted by atomic mass is 10.2. The Balaban J connectivity index is 1.99. The molecule has 0 unspecified atom stereocenters. The molecule has 6 heteroatoms. The Labute approximate surface area is 124 Å². The number of nitriles is 1. The first-order valence-corrected chi connectivity index (χ1v) is 6.86. The average Bonchev–Trinajstić information content (AvgIpc) is 3.05.